The number of likely N-dealkylation sites (tertiary alicyclic amines) is 1. The molecular formula is C19H26BrFN2O3. The van der Waals surface area contributed by atoms with Crippen molar-refractivity contribution in [2.45, 2.75) is 32.2 Å². The molecule has 1 amide bonds. The van der Waals surface area contributed by atoms with E-state index in [0.717, 1.165) is 0 Å². The minimum Gasteiger partial charge on any atom is -0.466 e. The Labute approximate surface area is 162 Å². The molecule has 2 rings (SSSR count). The Bertz CT molecular complexity index is 663. The summed E-state index contributed by atoms with van der Waals surface area (Å²) in [6.07, 6.45) is 0. The van der Waals surface area contributed by atoms with Gasteiger partial charge in [-0.25, -0.2) is 4.39 Å². The number of halogens is 2. The van der Waals surface area contributed by atoms with Crippen molar-refractivity contribution in [1.82, 2.24) is 9.80 Å². The second-order valence-electron chi connectivity index (χ2n) is 7.68. The number of likely N-dealkylation sites (N-methyl/N-ethyl adjacent to an activating group) is 1. The van der Waals surface area contributed by atoms with E-state index >= 15 is 0 Å². The largest absolute Gasteiger partial charge is 0.466 e. The molecule has 0 bridgehead atoms. The second-order valence-corrected chi connectivity index (χ2v) is 8.60. The molecule has 1 fully saturated rings. The topological polar surface area (TPSA) is 49.9 Å². The highest BCUT2D eigenvalue weighted by Crippen LogP contribution is 2.38. The van der Waals surface area contributed by atoms with Gasteiger partial charge >= 0.3 is 0 Å². The summed E-state index contributed by atoms with van der Waals surface area (Å²) >= 11 is 3.28. The minimum absolute atomic E-state index is 0.0569. The Balaban J connectivity index is 2.27. The highest BCUT2D eigenvalue weighted by atomic mass is 79.9. The summed E-state index contributed by atoms with van der Waals surface area (Å²) in [5.74, 6) is -0.918. The molecule has 0 N–H and O–H groups in total. The van der Waals surface area contributed by atoms with Gasteiger partial charge in [0.05, 0.1) is 12.5 Å². The van der Waals surface area contributed by atoms with Crippen molar-refractivity contribution in [2.24, 2.45) is 5.92 Å². The van der Waals surface area contributed by atoms with Crippen LogP contribution in [0.1, 0.15) is 32.3 Å². The van der Waals surface area contributed by atoms with Crippen molar-refractivity contribution in [3.05, 3.63) is 34.1 Å². The number of rotatable bonds is 6. The average molecular weight is 429 g/mol. The number of amides is 1. The molecule has 0 aromatic heterocycles. The first-order chi connectivity index (χ1) is 12.1. The predicted octanol–water partition coefficient (Wildman–Crippen LogP) is 3.03. The normalized spacial score (nSPS) is 20.8. The minimum atomic E-state index is -0.342. The summed E-state index contributed by atoms with van der Waals surface area (Å²) in [7, 11) is 1.69. The van der Waals surface area contributed by atoms with E-state index in [1.807, 2.05) is 0 Å². The molecule has 0 aliphatic carbocycles. The van der Waals surface area contributed by atoms with Crippen LogP contribution in [0.25, 0.3) is 0 Å². The molecule has 1 aromatic carbocycles. The highest BCUT2D eigenvalue weighted by molar-refractivity contribution is 9.10. The van der Waals surface area contributed by atoms with Gasteiger partial charge in [0.1, 0.15) is 12.4 Å². The number of hydrogen-bond acceptors (Lipinski definition) is 4. The third kappa shape index (κ3) is 4.82. The third-order valence-corrected chi connectivity index (χ3v) is 5.43. The lowest BCUT2D eigenvalue weighted by Gasteiger charge is -2.32. The fourth-order valence-corrected chi connectivity index (χ4v) is 3.68. The lowest BCUT2D eigenvalue weighted by molar-refractivity contribution is -0.137. The van der Waals surface area contributed by atoms with Crippen LogP contribution in [0.2, 0.25) is 0 Å². The molecule has 1 aliphatic rings. The molecule has 1 saturated heterocycles. The van der Waals surface area contributed by atoms with E-state index in [0.29, 0.717) is 36.1 Å². The molecule has 0 saturated carbocycles. The van der Waals surface area contributed by atoms with E-state index in [9.17, 15) is 14.0 Å². The molecule has 1 aromatic rings. The standard InChI is InChI=1S/C19H26BrFN2O3/c1-19(2,3)23-10-15(14-6-5-13(20)9-17(14)21)16(11-23)18(25)22(4)7-8-26-12-24/h5-6,9,12,15-16H,7-8,10-11H2,1-4H3. The summed E-state index contributed by atoms with van der Waals surface area (Å²) < 4.78 is 19.9. The fourth-order valence-electron chi connectivity index (χ4n) is 3.35. The first-order valence-corrected chi connectivity index (χ1v) is 9.44. The zero-order valence-corrected chi connectivity index (χ0v) is 17.3. The van der Waals surface area contributed by atoms with Crippen molar-refractivity contribution >= 4 is 28.3 Å². The van der Waals surface area contributed by atoms with Gasteiger partial charge in [0.25, 0.3) is 6.47 Å². The highest BCUT2D eigenvalue weighted by Gasteiger charge is 2.43. The monoisotopic (exact) mass is 428 g/mol. The number of hydrogen-bond donors (Lipinski definition) is 0. The lowest BCUT2D eigenvalue weighted by atomic mass is 9.87. The Hall–Kier alpha value is -1.47. The van der Waals surface area contributed by atoms with E-state index in [2.05, 4.69) is 46.3 Å². The predicted molar refractivity (Wildman–Crippen MR) is 101 cm³/mol. The number of nitrogens with zero attached hydrogens (tertiary/aromatic N) is 2. The fraction of sp³-hybridized carbons (Fsp3) is 0.579. The van der Waals surface area contributed by atoms with Crippen molar-refractivity contribution in [3.63, 3.8) is 0 Å². The van der Waals surface area contributed by atoms with Gasteiger partial charge in [-0.1, -0.05) is 22.0 Å². The van der Waals surface area contributed by atoms with Gasteiger partial charge in [0.2, 0.25) is 5.91 Å². The van der Waals surface area contributed by atoms with Gasteiger partial charge in [0.15, 0.2) is 0 Å². The number of carbonyl (C=O) groups is 2. The van der Waals surface area contributed by atoms with E-state index in [1.165, 1.54) is 6.07 Å². The summed E-state index contributed by atoms with van der Waals surface area (Å²) in [6.45, 7) is 8.31. The lowest BCUT2D eigenvalue weighted by Crippen LogP contribution is -2.42. The first kappa shape index (κ1) is 20.8. The molecular weight excluding hydrogens is 403 g/mol. The quantitative estimate of drug-likeness (QED) is 0.516. The van der Waals surface area contributed by atoms with Crippen LogP contribution >= 0.6 is 15.9 Å². The zero-order chi connectivity index (χ0) is 19.5. The Kier molecular flexibility index (Phi) is 6.80. The van der Waals surface area contributed by atoms with Crippen LogP contribution in [0.5, 0.6) is 0 Å². The van der Waals surface area contributed by atoms with Crippen LogP contribution in [-0.4, -0.2) is 61.0 Å². The van der Waals surface area contributed by atoms with Crippen LogP contribution in [0.15, 0.2) is 22.7 Å². The van der Waals surface area contributed by atoms with Gasteiger partial charge in [-0.3, -0.25) is 14.5 Å². The molecule has 0 radical (unpaired) electrons. The number of benzene rings is 1. The van der Waals surface area contributed by atoms with E-state index in [-0.39, 0.29) is 35.7 Å². The molecule has 7 heteroatoms. The molecule has 0 spiro atoms. The summed E-state index contributed by atoms with van der Waals surface area (Å²) in [5.41, 5.74) is 0.453. The molecule has 1 heterocycles. The SMILES string of the molecule is CN(CCOC=O)C(=O)C1CN(C(C)(C)C)CC1c1ccc(Br)cc1F. The van der Waals surface area contributed by atoms with Gasteiger partial charge < -0.3 is 9.64 Å². The van der Waals surface area contributed by atoms with Crippen molar-refractivity contribution in [2.75, 3.05) is 33.3 Å². The van der Waals surface area contributed by atoms with E-state index < -0.39 is 0 Å². The van der Waals surface area contributed by atoms with Gasteiger partial charge in [0, 0.05) is 36.1 Å². The Morgan fingerprint density at radius 3 is 2.69 bits per heavy atom. The van der Waals surface area contributed by atoms with Crippen LogP contribution in [0.4, 0.5) is 4.39 Å². The molecule has 144 valence electrons. The van der Waals surface area contributed by atoms with Gasteiger partial charge in [-0.05, 0) is 38.5 Å². The van der Waals surface area contributed by atoms with E-state index in [1.54, 1.807) is 24.1 Å². The maximum Gasteiger partial charge on any atom is 0.293 e. The van der Waals surface area contributed by atoms with E-state index in [4.69, 9.17) is 0 Å². The van der Waals surface area contributed by atoms with Crippen LogP contribution in [-0.2, 0) is 14.3 Å². The summed E-state index contributed by atoms with van der Waals surface area (Å²) in [5, 5.41) is 0. The van der Waals surface area contributed by atoms with Crippen LogP contribution in [0, 0.1) is 11.7 Å². The van der Waals surface area contributed by atoms with Crippen molar-refractivity contribution in [3.8, 4) is 0 Å². The third-order valence-electron chi connectivity index (χ3n) is 4.94. The van der Waals surface area contributed by atoms with Crippen molar-refractivity contribution in [1.29, 1.82) is 0 Å². The number of carbonyl (C=O) groups excluding carboxylic acids is 2. The Morgan fingerprint density at radius 1 is 1.42 bits per heavy atom. The summed E-state index contributed by atoms with van der Waals surface area (Å²) in [6, 6.07) is 5.01. The molecule has 26 heavy (non-hydrogen) atoms. The number of ether oxygens (including phenoxy) is 1. The van der Waals surface area contributed by atoms with Crippen molar-refractivity contribution < 1.29 is 18.7 Å². The summed E-state index contributed by atoms with van der Waals surface area (Å²) in [4.78, 5) is 27.1. The maximum absolute atomic E-state index is 14.6. The zero-order valence-electron chi connectivity index (χ0n) is 15.7. The molecule has 2 atom stereocenters. The van der Waals surface area contributed by atoms with Crippen LogP contribution in [0.3, 0.4) is 0 Å². The maximum atomic E-state index is 14.6. The smallest absolute Gasteiger partial charge is 0.293 e. The second kappa shape index (κ2) is 8.48. The first-order valence-electron chi connectivity index (χ1n) is 8.65. The van der Waals surface area contributed by atoms with Gasteiger partial charge in [-0.15, -0.1) is 0 Å². The Morgan fingerprint density at radius 2 is 2.12 bits per heavy atom. The van der Waals surface area contributed by atoms with Crippen LogP contribution < -0.4 is 0 Å². The van der Waals surface area contributed by atoms with Gasteiger partial charge in [-0.2, -0.15) is 0 Å². The molecule has 1 aliphatic heterocycles. The molecule has 5 nitrogen and oxygen atoms in total. The molecule has 2 unspecified atom stereocenters. The average Bonchev–Trinajstić information content (AvgIpc) is 2.99.